The number of rotatable bonds is 2. The van der Waals surface area contributed by atoms with Crippen molar-refractivity contribution in [3.05, 3.63) is 29.8 Å². The largest absolute Gasteiger partial charge is 0.489 e. The molecular formula is C17H24O. The van der Waals surface area contributed by atoms with Crippen LogP contribution in [0.25, 0.3) is 0 Å². The quantitative estimate of drug-likeness (QED) is 0.739. The molecule has 1 aromatic carbocycles. The average molecular weight is 244 g/mol. The van der Waals surface area contributed by atoms with Crippen LogP contribution in [0.5, 0.6) is 5.75 Å². The molecule has 0 radical (unpaired) electrons. The minimum absolute atomic E-state index is 0.317. The topological polar surface area (TPSA) is 9.23 Å². The van der Waals surface area contributed by atoms with E-state index in [4.69, 9.17) is 4.74 Å². The molecule has 1 heteroatoms. The zero-order valence-corrected chi connectivity index (χ0v) is 12.0. The van der Waals surface area contributed by atoms with Crippen LogP contribution in [-0.2, 0) is 0 Å². The van der Waals surface area contributed by atoms with Gasteiger partial charge >= 0.3 is 0 Å². The van der Waals surface area contributed by atoms with Crippen molar-refractivity contribution in [3.63, 3.8) is 0 Å². The molecule has 0 saturated heterocycles. The number of aryl methyl sites for hydroxylation is 1. The first kappa shape index (κ1) is 12.1. The molecule has 1 aromatic rings. The van der Waals surface area contributed by atoms with E-state index in [1.54, 1.807) is 0 Å². The maximum absolute atomic E-state index is 6.38. The van der Waals surface area contributed by atoms with Gasteiger partial charge in [0.2, 0.25) is 0 Å². The van der Waals surface area contributed by atoms with E-state index in [0.717, 1.165) is 11.7 Å². The first-order valence-corrected chi connectivity index (χ1v) is 7.15. The lowest BCUT2D eigenvalue weighted by atomic mass is 9.70. The van der Waals surface area contributed by atoms with Gasteiger partial charge in [0.15, 0.2) is 0 Å². The van der Waals surface area contributed by atoms with Gasteiger partial charge in [-0.05, 0) is 44.2 Å². The highest BCUT2D eigenvalue weighted by Crippen LogP contribution is 2.63. The molecule has 0 aliphatic heterocycles. The fraction of sp³-hybridized carbons (Fsp3) is 0.647. The van der Waals surface area contributed by atoms with E-state index in [1.165, 1.54) is 24.8 Å². The summed E-state index contributed by atoms with van der Waals surface area (Å²) in [5, 5.41) is 0. The van der Waals surface area contributed by atoms with Gasteiger partial charge in [0.25, 0.3) is 0 Å². The third-order valence-electron chi connectivity index (χ3n) is 5.41. The minimum atomic E-state index is 0.317. The van der Waals surface area contributed by atoms with E-state index < -0.39 is 0 Å². The van der Waals surface area contributed by atoms with E-state index >= 15 is 0 Å². The fourth-order valence-electron chi connectivity index (χ4n) is 4.30. The summed E-state index contributed by atoms with van der Waals surface area (Å²) >= 11 is 0. The Bertz CT molecular complexity index is 440. The zero-order chi connectivity index (χ0) is 13.0. The smallest absolute Gasteiger partial charge is 0.119 e. The van der Waals surface area contributed by atoms with Gasteiger partial charge in [0.05, 0.1) is 0 Å². The molecule has 0 N–H and O–H groups in total. The maximum atomic E-state index is 6.38. The van der Waals surface area contributed by atoms with Crippen molar-refractivity contribution in [2.75, 3.05) is 0 Å². The summed E-state index contributed by atoms with van der Waals surface area (Å²) in [7, 11) is 0. The van der Waals surface area contributed by atoms with Gasteiger partial charge in [-0.15, -0.1) is 0 Å². The number of benzene rings is 1. The summed E-state index contributed by atoms with van der Waals surface area (Å²) in [5.41, 5.74) is 2.00. The lowest BCUT2D eigenvalue weighted by molar-refractivity contribution is -0.0143. The van der Waals surface area contributed by atoms with Gasteiger partial charge in [-0.1, -0.05) is 38.5 Å². The Labute approximate surface area is 111 Å². The summed E-state index contributed by atoms with van der Waals surface area (Å²) in [6.45, 7) is 9.31. The summed E-state index contributed by atoms with van der Waals surface area (Å²) in [5.74, 6) is 1.88. The van der Waals surface area contributed by atoms with Crippen molar-refractivity contribution in [3.8, 4) is 5.75 Å². The van der Waals surface area contributed by atoms with Gasteiger partial charge in [0.1, 0.15) is 11.9 Å². The second kappa shape index (κ2) is 3.76. The molecule has 0 heterocycles. The lowest BCUT2D eigenvalue weighted by Crippen LogP contribution is -2.44. The van der Waals surface area contributed by atoms with Crippen LogP contribution in [0.4, 0.5) is 0 Å². The van der Waals surface area contributed by atoms with E-state index in [-0.39, 0.29) is 0 Å². The first-order chi connectivity index (χ1) is 8.42. The zero-order valence-electron chi connectivity index (χ0n) is 12.0. The minimum Gasteiger partial charge on any atom is -0.489 e. The summed E-state index contributed by atoms with van der Waals surface area (Å²) in [4.78, 5) is 0. The van der Waals surface area contributed by atoms with Crippen LogP contribution in [-0.4, -0.2) is 6.10 Å². The number of hydrogen-bond acceptors (Lipinski definition) is 1. The van der Waals surface area contributed by atoms with Crippen molar-refractivity contribution < 1.29 is 4.74 Å². The summed E-state index contributed by atoms with van der Waals surface area (Å²) in [6.07, 6.45) is 4.43. The Kier molecular flexibility index (Phi) is 2.52. The molecular weight excluding hydrogens is 220 g/mol. The molecule has 0 aromatic heterocycles. The average Bonchev–Trinajstić information content (AvgIpc) is 2.78. The van der Waals surface area contributed by atoms with Crippen LogP contribution >= 0.6 is 0 Å². The highest BCUT2D eigenvalue weighted by molar-refractivity contribution is 5.27. The highest BCUT2D eigenvalue weighted by atomic mass is 16.5. The van der Waals surface area contributed by atoms with Gasteiger partial charge in [-0.25, -0.2) is 0 Å². The number of ether oxygens (including phenoxy) is 1. The molecule has 18 heavy (non-hydrogen) atoms. The Morgan fingerprint density at radius 2 is 1.78 bits per heavy atom. The maximum Gasteiger partial charge on any atom is 0.119 e. The molecule has 2 bridgehead atoms. The van der Waals surface area contributed by atoms with Gasteiger partial charge in [0, 0.05) is 10.8 Å². The lowest BCUT2D eigenvalue weighted by Gasteiger charge is -2.42. The van der Waals surface area contributed by atoms with Crippen molar-refractivity contribution in [2.24, 2.45) is 16.7 Å². The van der Waals surface area contributed by atoms with Crippen LogP contribution in [0.2, 0.25) is 0 Å². The van der Waals surface area contributed by atoms with Crippen LogP contribution in [0.3, 0.4) is 0 Å². The molecule has 98 valence electrons. The predicted molar refractivity (Wildman–Crippen MR) is 74.8 cm³/mol. The standard InChI is InChI=1S/C17H24O/c1-12-5-7-14(8-6-12)18-15-16(2,3)13-9-10-17(15,4)11-13/h5-8,13,15H,9-11H2,1-4H3/t13-,15-,17+/m0/s1. The van der Waals surface area contributed by atoms with Crippen molar-refractivity contribution in [2.45, 2.75) is 53.1 Å². The van der Waals surface area contributed by atoms with Crippen LogP contribution in [0, 0.1) is 23.7 Å². The molecule has 2 aliphatic rings. The third kappa shape index (κ3) is 1.67. The van der Waals surface area contributed by atoms with Crippen LogP contribution in [0.15, 0.2) is 24.3 Å². The molecule has 0 unspecified atom stereocenters. The van der Waals surface area contributed by atoms with Gasteiger partial charge in [-0.3, -0.25) is 0 Å². The second-order valence-corrected chi connectivity index (χ2v) is 7.23. The molecule has 0 spiro atoms. The predicted octanol–water partition coefficient (Wildman–Crippen LogP) is 4.59. The molecule has 0 amide bonds. The van der Waals surface area contributed by atoms with Crippen LogP contribution in [0.1, 0.15) is 45.6 Å². The highest BCUT2D eigenvalue weighted by Gasteiger charge is 2.60. The normalized spacial score (nSPS) is 36.9. The Morgan fingerprint density at radius 1 is 1.11 bits per heavy atom. The van der Waals surface area contributed by atoms with Gasteiger partial charge in [-0.2, -0.15) is 0 Å². The third-order valence-corrected chi connectivity index (χ3v) is 5.41. The van der Waals surface area contributed by atoms with Crippen LogP contribution < -0.4 is 4.74 Å². The molecule has 3 rings (SSSR count). The monoisotopic (exact) mass is 244 g/mol. The molecule has 2 saturated carbocycles. The Balaban J connectivity index is 1.86. The first-order valence-electron chi connectivity index (χ1n) is 7.15. The van der Waals surface area contributed by atoms with E-state index in [9.17, 15) is 0 Å². The summed E-state index contributed by atoms with van der Waals surface area (Å²) in [6, 6.07) is 8.50. The Morgan fingerprint density at radius 3 is 2.33 bits per heavy atom. The molecule has 3 atom stereocenters. The van der Waals surface area contributed by atoms with Gasteiger partial charge < -0.3 is 4.74 Å². The summed E-state index contributed by atoms with van der Waals surface area (Å²) < 4.78 is 6.38. The molecule has 2 aliphatic carbocycles. The number of hydrogen-bond donors (Lipinski definition) is 0. The SMILES string of the molecule is Cc1ccc(O[C@H]2C(C)(C)[C@H]3CC[C@]2(C)C3)cc1. The molecule has 1 nitrogen and oxygen atoms in total. The second-order valence-electron chi connectivity index (χ2n) is 7.23. The van der Waals surface area contributed by atoms with Crippen molar-refractivity contribution in [1.82, 2.24) is 0 Å². The van der Waals surface area contributed by atoms with Crippen molar-refractivity contribution in [1.29, 1.82) is 0 Å². The Hall–Kier alpha value is -0.980. The fourth-order valence-corrected chi connectivity index (χ4v) is 4.30. The number of fused-ring (bicyclic) bond motifs is 2. The van der Waals surface area contributed by atoms with E-state index in [0.29, 0.717) is 16.9 Å². The molecule has 2 fully saturated rings. The van der Waals surface area contributed by atoms with Crippen molar-refractivity contribution >= 4 is 0 Å². The van der Waals surface area contributed by atoms with E-state index in [1.807, 2.05) is 0 Å². The van der Waals surface area contributed by atoms with E-state index in [2.05, 4.69) is 52.0 Å².